The lowest BCUT2D eigenvalue weighted by Gasteiger charge is -2.17. The van der Waals surface area contributed by atoms with Crippen LogP contribution in [-0.4, -0.2) is 15.0 Å². The smallest absolute Gasteiger partial charge is 0.0970 e. The first-order valence-corrected chi connectivity index (χ1v) is 17.7. The van der Waals surface area contributed by atoms with Crippen LogP contribution in [0.1, 0.15) is 0 Å². The maximum Gasteiger partial charge on any atom is 0.0970 e. The number of hydrogen-bond acceptors (Lipinski definition) is 3. The van der Waals surface area contributed by atoms with Crippen molar-refractivity contribution in [2.24, 2.45) is 0 Å². The number of benzene rings is 8. The molecular formula is C49H29N3. The van der Waals surface area contributed by atoms with Crippen LogP contribution in [0.25, 0.3) is 109 Å². The summed E-state index contributed by atoms with van der Waals surface area (Å²) in [5.74, 6) is 0. The maximum atomic E-state index is 5.42. The number of para-hydroxylation sites is 1. The number of nitrogens with zero attached hydrogens (tertiary/aromatic N) is 3. The van der Waals surface area contributed by atoms with Crippen LogP contribution in [0.2, 0.25) is 0 Å². The first-order chi connectivity index (χ1) is 25.8. The number of hydrogen-bond donors (Lipinski definition) is 0. The van der Waals surface area contributed by atoms with E-state index in [-0.39, 0.29) is 0 Å². The van der Waals surface area contributed by atoms with E-state index < -0.39 is 0 Å². The standard InChI is InChI=1S/C49H29N3/c1-2-16-35-34(15-1)33(24-25-38(35)43-29-32-14-10-26-50-48(32)49-41(43)22-11-27-51-49)30-12-9-13-31(28-30)47-46-40-20-6-4-18-37(40)36-17-3-5-19-39(36)45(46)42-21-7-8-23-44(42)52-47/h1-29H. The molecule has 0 fully saturated rings. The SMILES string of the molecule is c1cc(-c2ccc(-c3cc4cccnc4c4ncccc34)c3ccccc23)cc(-c2nc3ccccc3c3c4ccccc4c4ccccc4c23)c1. The minimum absolute atomic E-state index is 0.923. The summed E-state index contributed by atoms with van der Waals surface area (Å²) in [6.07, 6.45) is 3.70. The van der Waals surface area contributed by atoms with Crippen molar-refractivity contribution in [2.45, 2.75) is 0 Å². The van der Waals surface area contributed by atoms with Crippen LogP contribution in [0.15, 0.2) is 176 Å². The molecule has 3 heteroatoms. The molecule has 0 spiro atoms. The van der Waals surface area contributed by atoms with Crippen LogP contribution in [0, 0.1) is 0 Å². The van der Waals surface area contributed by atoms with Crippen molar-refractivity contribution < 1.29 is 0 Å². The van der Waals surface area contributed by atoms with Crippen molar-refractivity contribution in [3.63, 3.8) is 0 Å². The van der Waals surface area contributed by atoms with E-state index in [0.717, 1.165) is 49.7 Å². The van der Waals surface area contributed by atoms with Gasteiger partial charge in [-0.15, -0.1) is 0 Å². The molecule has 3 aromatic heterocycles. The van der Waals surface area contributed by atoms with E-state index in [1.165, 1.54) is 59.6 Å². The third-order valence-corrected chi connectivity index (χ3v) is 10.7. The van der Waals surface area contributed by atoms with Gasteiger partial charge in [-0.1, -0.05) is 133 Å². The summed E-state index contributed by atoms with van der Waals surface area (Å²) >= 11 is 0. The normalized spacial score (nSPS) is 11.8. The topological polar surface area (TPSA) is 38.7 Å². The molecule has 0 aliphatic carbocycles. The van der Waals surface area contributed by atoms with Crippen molar-refractivity contribution in [3.05, 3.63) is 176 Å². The molecule has 3 nitrogen and oxygen atoms in total. The molecule has 0 bridgehead atoms. The second-order valence-electron chi connectivity index (χ2n) is 13.5. The van der Waals surface area contributed by atoms with Gasteiger partial charge >= 0.3 is 0 Å². The highest BCUT2D eigenvalue weighted by molar-refractivity contribution is 6.33. The Morgan fingerprint density at radius 1 is 0.327 bits per heavy atom. The lowest BCUT2D eigenvalue weighted by molar-refractivity contribution is 1.37. The fourth-order valence-electron chi connectivity index (χ4n) is 8.45. The second-order valence-corrected chi connectivity index (χ2v) is 13.5. The fraction of sp³-hybridized carbons (Fsp3) is 0. The highest BCUT2D eigenvalue weighted by Crippen LogP contribution is 2.44. The molecule has 0 saturated heterocycles. The lowest BCUT2D eigenvalue weighted by Crippen LogP contribution is -1.93. The molecule has 52 heavy (non-hydrogen) atoms. The minimum atomic E-state index is 0.923. The van der Waals surface area contributed by atoms with Crippen LogP contribution < -0.4 is 0 Å². The summed E-state index contributed by atoms with van der Waals surface area (Å²) in [6.45, 7) is 0. The van der Waals surface area contributed by atoms with Crippen molar-refractivity contribution in [3.8, 4) is 33.5 Å². The van der Waals surface area contributed by atoms with Gasteiger partial charge in [0.25, 0.3) is 0 Å². The number of rotatable bonds is 3. The molecular weight excluding hydrogens is 631 g/mol. The Labute approximate surface area is 299 Å². The van der Waals surface area contributed by atoms with E-state index in [0.29, 0.717) is 0 Å². The van der Waals surface area contributed by atoms with E-state index in [2.05, 4.69) is 152 Å². The zero-order valence-electron chi connectivity index (χ0n) is 28.1. The highest BCUT2D eigenvalue weighted by Gasteiger charge is 2.19. The van der Waals surface area contributed by atoms with Crippen molar-refractivity contribution >= 4 is 75.8 Å². The minimum Gasteiger partial charge on any atom is -0.254 e. The van der Waals surface area contributed by atoms with E-state index >= 15 is 0 Å². The molecule has 0 unspecified atom stereocenters. The van der Waals surface area contributed by atoms with Gasteiger partial charge in [0.1, 0.15) is 0 Å². The summed E-state index contributed by atoms with van der Waals surface area (Å²) in [6, 6.07) is 58.9. The van der Waals surface area contributed by atoms with Crippen LogP contribution >= 0.6 is 0 Å². The first kappa shape index (κ1) is 28.8. The monoisotopic (exact) mass is 659 g/mol. The summed E-state index contributed by atoms with van der Waals surface area (Å²) in [4.78, 5) is 14.9. The molecule has 0 radical (unpaired) electrons. The molecule has 0 atom stereocenters. The zero-order chi connectivity index (χ0) is 34.2. The third kappa shape index (κ3) is 4.23. The molecule has 0 amide bonds. The Morgan fingerprint density at radius 2 is 0.904 bits per heavy atom. The highest BCUT2D eigenvalue weighted by atomic mass is 14.7. The Kier molecular flexibility index (Phi) is 6.25. The van der Waals surface area contributed by atoms with Crippen molar-refractivity contribution in [1.82, 2.24) is 15.0 Å². The summed E-state index contributed by atoms with van der Waals surface area (Å²) in [7, 11) is 0. The Morgan fingerprint density at radius 3 is 1.69 bits per heavy atom. The lowest BCUT2D eigenvalue weighted by atomic mass is 9.88. The quantitative estimate of drug-likeness (QED) is 0.177. The fourth-order valence-corrected chi connectivity index (χ4v) is 8.45. The summed E-state index contributed by atoms with van der Waals surface area (Å²) in [5, 5.41) is 13.2. The van der Waals surface area contributed by atoms with Gasteiger partial charge in [0.15, 0.2) is 0 Å². The number of pyridine rings is 3. The molecule has 11 aromatic rings. The number of fused-ring (bicyclic) bond motifs is 12. The Hall–Kier alpha value is -6.97. The van der Waals surface area contributed by atoms with E-state index in [9.17, 15) is 0 Å². The summed E-state index contributed by atoms with van der Waals surface area (Å²) in [5.41, 5.74) is 9.63. The largest absolute Gasteiger partial charge is 0.254 e. The van der Waals surface area contributed by atoms with Crippen LogP contribution in [0.4, 0.5) is 0 Å². The van der Waals surface area contributed by atoms with Crippen molar-refractivity contribution in [2.75, 3.05) is 0 Å². The molecule has 3 heterocycles. The second kappa shape index (κ2) is 11.3. The van der Waals surface area contributed by atoms with Gasteiger partial charge < -0.3 is 0 Å². The van der Waals surface area contributed by atoms with Gasteiger partial charge in [-0.2, -0.15) is 0 Å². The predicted molar refractivity (Wildman–Crippen MR) is 219 cm³/mol. The van der Waals surface area contributed by atoms with Gasteiger partial charge in [-0.3, -0.25) is 9.97 Å². The molecule has 0 aliphatic heterocycles. The van der Waals surface area contributed by atoms with E-state index in [4.69, 9.17) is 15.0 Å². The average molecular weight is 660 g/mol. The predicted octanol–water partition coefficient (Wildman–Crippen LogP) is 12.9. The van der Waals surface area contributed by atoms with Crippen LogP contribution in [0.5, 0.6) is 0 Å². The molecule has 11 rings (SSSR count). The van der Waals surface area contributed by atoms with Crippen molar-refractivity contribution in [1.29, 1.82) is 0 Å². The van der Waals surface area contributed by atoms with Gasteiger partial charge in [-0.05, 0) is 84.9 Å². The van der Waals surface area contributed by atoms with Gasteiger partial charge in [-0.25, -0.2) is 4.98 Å². The third-order valence-electron chi connectivity index (χ3n) is 10.7. The summed E-state index contributed by atoms with van der Waals surface area (Å²) < 4.78 is 0. The van der Waals surface area contributed by atoms with Crippen LogP contribution in [-0.2, 0) is 0 Å². The molecule has 0 saturated carbocycles. The van der Waals surface area contributed by atoms with Gasteiger partial charge in [0, 0.05) is 44.9 Å². The molecule has 0 N–H and O–H groups in total. The zero-order valence-corrected chi connectivity index (χ0v) is 28.1. The maximum absolute atomic E-state index is 5.42. The van der Waals surface area contributed by atoms with E-state index in [1.54, 1.807) is 0 Å². The van der Waals surface area contributed by atoms with Gasteiger partial charge in [0.05, 0.1) is 22.2 Å². The Bertz CT molecular complexity index is 3250. The van der Waals surface area contributed by atoms with Crippen LogP contribution in [0.3, 0.4) is 0 Å². The molecule has 8 aromatic carbocycles. The van der Waals surface area contributed by atoms with Gasteiger partial charge in [0.2, 0.25) is 0 Å². The first-order valence-electron chi connectivity index (χ1n) is 17.7. The average Bonchev–Trinajstić information content (AvgIpc) is 3.22. The Balaban J connectivity index is 1.16. The number of aromatic nitrogens is 3. The molecule has 240 valence electrons. The molecule has 0 aliphatic rings. The van der Waals surface area contributed by atoms with E-state index in [1.807, 2.05) is 24.5 Å².